The van der Waals surface area contributed by atoms with Crippen LogP contribution in [0.1, 0.15) is 31.2 Å². The van der Waals surface area contributed by atoms with Crippen LogP contribution < -0.4 is 5.73 Å². The van der Waals surface area contributed by atoms with Crippen LogP contribution in [0.5, 0.6) is 0 Å². The highest BCUT2D eigenvalue weighted by Gasteiger charge is 2.18. The van der Waals surface area contributed by atoms with E-state index in [0.717, 1.165) is 37.0 Å². The molecular formula is C14H18N3O2S+. The highest BCUT2D eigenvalue weighted by atomic mass is 32.2. The first-order valence-corrected chi connectivity index (χ1v) is 7.51. The zero-order chi connectivity index (χ0) is 14.5. The van der Waals surface area contributed by atoms with E-state index < -0.39 is 0 Å². The summed E-state index contributed by atoms with van der Waals surface area (Å²) in [6.45, 7) is 0. The summed E-state index contributed by atoms with van der Waals surface area (Å²) in [6, 6.07) is 6.99. The third-order valence-electron chi connectivity index (χ3n) is 3.40. The number of benzene rings is 1. The Morgan fingerprint density at radius 3 is 2.85 bits per heavy atom. The predicted octanol–water partition coefficient (Wildman–Crippen LogP) is 3.44. The summed E-state index contributed by atoms with van der Waals surface area (Å²) in [5.74, 6) is 0.717. The Morgan fingerprint density at radius 2 is 2.15 bits per heavy atom. The van der Waals surface area contributed by atoms with Gasteiger partial charge in [-0.25, -0.2) is 5.21 Å². The Bertz CT molecular complexity index is 569. The number of thioether (sulfide) groups is 1. The van der Waals surface area contributed by atoms with Crippen molar-refractivity contribution in [2.24, 2.45) is 5.73 Å². The molecule has 0 saturated carbocycles. The third kappa shape index (κ3) is 3.60. The van der Waals surface area contributed by atoms with Crippen molar-refractivity contribution in [3.8, 4) is 0 Å². The highest BCUT2D eigenvalue weighted by molar-refractivity contribution is 8.13. The SMILES string of the molecule is N=C(N)SCC1=C(c2cccc([N+](=O)O)c2)CCCC1. The van der Waals surface area contributed by atoms with Gasteiger partial charge in [-0.1, -0.05) is 29.5 Å². The van der Waals surface area contributed by atoms with Gasteiger partial charge in [-0.15, -0.1) is 0 Å². The largest absolute Gasteiger partial charge is 0.379 e. The maximum absolute atomic E-state index is 11.0. The molecular weight excluding hydrogens is 274 g/mol. The summed E-state index contributed by atoms with van der Waals surface area (Å²) in [5, 5.41) is 16.4. The molecule has 0 aliphatic heterocycles. The van der Waals surface area contributed by atoms with E-state index in [1.807, 2.05) is 6.07 Å². The molecule has 2 rings (SSSR count). The molecule has 0 saturated heterocycles. The molecule has 0 aromatic heterocycles. The van der Waals surface area contributed by atoms with Crippen LogP contribution in [0.15, 0.2) is 29.8 Å². The van der Waals surface area contributed by atoms with Gasteiger partial charge in [0.15, 0.2) is 5.17 Å². The standard InChI is InChI=1S/C14H18N3O2S/c15-14(16)20-9-11-4-1-2-7-13(11)10-5-3-6-12(8-10)17(18)19/h3,5-6,8H,1-2,4,7,9H2,(H3,15,16)(H,18,19)/q+1. The van der Waals surface area contributed by atoms with Crippen molar-refractivity contribution >= 4 is 28.2 Å². The lowest BCUT2D eigenvalue weighted by Gasteiger charge is -2.20. The van der Waals surface area contributed by atoms with Gasteiger partial charge >= 0.3 is 5.69 Å². The summed E-state index contributed by atoms with van der Waals surface area (Å²) in [5.41, 5.74) is 9.10. The van der Waals surface area contributed by atoms with Crippen molar-refractivity contribution in [2.45, 2.75) is 25.7 Å². The average Bonchev–Trinajstić information content (AvgIpc) is 2.45. The average molecular weight is 292 g/mol. The van der Waals surface area contributed by atoms with Crippen LogP contribution in [0.4, 0.5) is 5.69 Å². The fraction of sp³-hybridized carbons (Fsp3) is 0.357. The molecule has 0 unspecified atom stereocenters. The first kappa shape index (κ1) is 14.6. The zero-order valence-electron chi connectivity index (χ0n) is 11.1. The second-order valence-electron chi connectivity index (χ2n) is 4.77. The Morgan fingerprint density at radius 1 is 1.40 bits per heavy atom. The molecule has 1 aromatic carbocycles. The number of hydrogen-bond donors (Lipinski definition) is 3. The number of nitrogens with two attached hydrogens (primary N) is 1. The van der Waals surface area contributed by atoms with Crippen LogP contribution in [-0.4, -0.2) is 21.1 Å². The van der Waals surface area contributed by atoms with Gasteiger partial charge in [0.1, 0.15) is 0 Å². The van der Waals surface area contributed by atoms with Crippen molar-refractivity contribution in [1.29, 1.82) is 5.41 Å². The molecule has 6 heteroatoms. The van der Waals surface area contributed by atoms with E-state index >= 15 is 0 Å². The number of nitrogens with one attached hydrogen (secondary N) is 1. The minimum Gasteiger partial charge on any atom is -0.379 e. The fourth-order valence-electron chi connectivity index (χ4n) is 2.45. The van der Waals surface area contributed by atoms with E-state index in [-0.39, 0.29) is 15.8 Å². The molecule has 4 N–H and O–H groups in total. The van der Waals surface area contributed by atoms with Crippen molar-refractivity contribution < 1.29 is 10.1 Å². The highest BCUT2D eigenvalue weighted by Crippen LogP contribution is 2.34. The van der Waals surface area contributed by atoms with E-state index in [1.54, 1.807) is 18.2 Å². The maximum Gasteiger partial charge on any atom is 0.317 e. The normalized spacial score (nSPS) is 15.2. The summed E-state index contributed by atoms with van der Waals surface area (Å²) in [7, 11) is 0. The number of hydrogen-bond acceptors (Lipinski definition) is 3. The molecule has 0 heterocycles. The Balaban J connectivity index is 2.32. The van der Waals surface area contributed by atoms with Gasteiger partial charge < -0.3 is 5.73 Å². The predicted molar refractivity (Wildman–Crippen MR) is 81.3 cm³/mol. The Labute approximate surface area is 121 Å². The van der Waals surface area contributed by atoms with Gasteiger partial charge in [-0.3, -0.25) is 5.41 Å². The smallest absolute Gasteiger partial charge is 0.317 e. The quantitative estimate of drug-likeness (QED) is 0.450. The van der Waals surface area contributed by atoms with Gasteiger partial charge in [0, 0.05) is 17.9 Å². The first-order chi connectivity index (χ1) is 9.58. The molecule has 5 nitrogen and oxygen atoms in total. The topological polar surface area (TPSA) is 90.2 Å². The van der Waals surface area contributed by atoms with Crippen molar-refractivity contribution in [3.05, 3.63) is 40.3 Å². The minimum atomic E-state index is -0.114. The summed E-state index contributed by atoms with van der Waals surface area (Å²) in [4.78, 5) is 10.9. The lowest BCUT2D eigenvalue weighted by molar-refractivity contribution is -0.729. The summed E-state index contributed by atoms with van der Waals surface area (Å²) in [6.07, 6.45) is 4.22. The maximum atomic E-state index is 11.0. The molecule has 106 valence electrons. The fourth-order valence-corrected chi connectivity index (χ4v) is 3.10. The van der Waals surface area contributed by atoms with Crippen molar-refractivity contribution in [2.75, 3.05) is 5.75 Å². The first-order valence-electron chi connectivity index (χ1n) is 6.52. The summed E-state index contributed by atoms with van der Waals surface area (Å²) < 4.78 is 0. The van der Waals surface area contributed by atoms with Gasteiger partial charge in [0.2, 0.25) is 0 Å². The van der Waals surface area contributed by atoms with Gasteiger partial charge in [0.25, 0.3) is 4.92 Å². The van der Waals surface area contributed by atoms with Crippen LogP contribution in [0.2, 0.25) is 0 Å². The van der Waals surface area contributed by atoms with E-state index in [1.165, 1.54) is 22.9 Å². The van der Waals surface area contributed by atoms with Crippen LogP contribution in [0, 0.1) is 10.3 Å². The van der Waals surface area contributed by atoms with Crippen molar-refractivity contribution in [1.82, 2.24) is 0 Å². The van der Waals surface area contributed by atoms with Crippen LogP contribution >= 0.6 is 11.8 Å². The van der Waals surface area contributed by atoms with Crippen LogP contribution in [0.3, 0.4) is 0 Å². The number of rotatable bonds is 4. The number of nitrogens with zero attached hydrogens (tertiary/aromatic N) is 1. The van der Waals surface area contributed by atoms with Gasteiger partial charge in [0.05, 0.1) is 4.91 Å². The molecule has 1 aliphatic rings. The van der Waals surface area contributed by atoms with E-state index in [2.05, 4.69) is 0 Å². The number of allylic oxidation sites excluding steroid dienone is 1. The molecule has 1 aromatic rings. The van der Waals surface area contributed by atoms with E-state index in [0.29, 0.717) is 0 Å². The third-order valence-corrected chi connectivity index (χ3v) is 4.20. The van der Waals surface area contributed by atoms with Crippen molar-refractivity contribution in [3.63, 3.8) is 0 Å². The second-order valence-corrected chi connectivity index (χ2v) is 5.78. The molecule has 0 atom stereocenters. The Hall–Kier alpha value is -1.82. The van der Waals surface area contributed by atoms with Gasteiger partial charge in [-0.2, -0.15) is 0 Å². The molecule has 0 spiro atoms. The summed E-state index contributed by atoms with van der Waals surface area (Å²) >= 11 is 1.33. The van der Waals surface area contributed by atoms with Gasteiger partial charge in [-0.05, 0) is 36.8 Å². The van der Waals surface area contributed by atoms with E-state index in [9.17, 15) is 4.91 Å². The number of amidine groups is 1. The molecule has 0 radical (unpaired) electrons. The minimum absolute atomic E-state index is 0.114. The lowest BCUT2D eigenvalue weighted by Crippen LogP contribution is -2.08. The lowest BCUT2D eigenvalue weighted by atomic mass is 9.88. The monoisotopic (exact) mass is 292 g/mol. The zero-order valence-corrected chi connectivity index (χ0v) is 11.9. The molecule has 0 bridgehead atoms. The van der Waals surface area contributed by atoms with Crippen LogP contribution in [-0.2, 0) is 0 Å². The molecule has 0 fully saturated rings. The second kappa shape index (κ2) is 6.56. The molecule has 0 amide bonds. The Kier molecular flexibility index (Phi) is 4.79. The van der Waals surface area contributed by atoms with E-state index in [4.69, 9.17) is 16.4 Å². The van der Waals surface area contributed by atoms with Crippen LogP contribution in [0.25, 0.3) is 5.57 Å². The molecule has 20 heavy (non-hydrogen) atoms. The molecule has 1 aliphatic carbocycles.